The van der Waals surface area contributed by atoms with Crippen molar-refractivity contribution in [3.63, 3.8) is 0 Å². The van der Waals surface area contributed by atoms with Crippen LogP contribution in [-0.2, 0) is 6.54 Å². The molecule has 0 aliphatic rings. The van der Waals surface area contributed by atoms with E-state index in [-0.39, 0.29) is 11.9 Å². The average molecular weight is 355 g/mol. The zero-order valence-corrected chi connectivity index (χ0v) is 13.9. The first-order valence-electron chi connectivity index (χ1n) is 7.68. The molecule has 1 N–H and O–H groups in total. The highest BCUT2D eigenvalue weighted by molar-refractivity contribution is 7.10. The van der Waals surface area contributed by atoms with Gasteiger partial charge in [-0.1, -0.05) is 18.2 Å². The summed E-state index contributed by atoms with van der Waals surface area (Å²) in [5, 5.41) is 13.4. The second-order valence-corrected chi connectivity index (χ2v) is 6.34. The highest BCUT2D eigenvalue weighted by Crippen LogP contribution is 2.27. The van der Waals surface area contributed by atoms with E-state index in [9.17, 15) is 4.39 Å². The second-order valence-electron chi connectivity index (χ2n) is 5.36. The monoisotopic (exact) mass is 355 g/mol. The molecule has 1 atom stereocenters. The number of rotatable bonds is 6. The molecular formula is C18H14FN3O2S. The number of thiophene rings is 1. The molecule has 0 aliphatic heterocycles. The summed E-state index contributed by atoms with van der Waals surface area (Å²) >= 11 is 1.63. The predicted octanol–water partition coefficient (Wildman–Crippen LogP) is 4.41. The summed E-state index contributed by atoms with van der Waals surface area (Å²) in [5.41, 5.74) is 0.967. The molecule has 0 aliphatic carbocycles. The first-order chi connectivity index (χ1) is 12.3. The first kappa shape index (κ1) is 15.7. The molecule has 3 heterocycles. The molecule has 3 aromatic heterocycles. The Morgan fingerprint density at radius 2 is 1.96 bits per heavy atom. The van der Waals surface area contributed by atoms with Crippen molar-refractivity contribution in [2.45, 2.75) is 12.6 Å². The molecule has 0 fully saturated rings. The van der Waals surface area contributed by atoms with Gasteiger partial charge < -0.3 is 8.83 Å². The minimum atomic E-state index is -0.256. The number of furan rings is 1. The second kappa shape index (κ2) is 7.00. The Bertz CT molecular complexity index is 918. The minimum Gasteiger partial charge on any atom is -0.459 e. The number of halogens is 1. The number of nitrogens with one attached hydrogen (secondary N) is 1. The van der Waals surface area contributed by atoms with E-state index < -0.39 is 0 Å². The Balaban J connectivity index is 1.52. The van der Waals surface area contributed by atoms with E-state index in [4.69, 9.17) is 8.83 Å². The van der Waals surface area contributed by atoms with Gasteiger partial charge in [-0.15, -0.1) is 21.5 Å². The molecule has 126 valence electrons. The summed E-state index contributed by atoms with van der Waals surface area (Å²) < 4.78 is 24.1. The van der Waals surface area contributed by atoms with E-state index in [1.807, 2.05) is 17.5 Å². The third-order valence-corrected chi connectivity index (χ3v) is 4.62. The van der Waals surface area contributed by atoms with Gasteiger partial charge in [0.05, 0.1) is 18.8 Å². The molecule has 1 unspecified atom stereocenters. The molecule has 0 spiro atoms. The summed E-state index contributed by atoms with van der Waals surface area (Å²) in [7, 11) is 0. The van der Waals surface area contributed by atoms with Gasteiger partial charge in [0.2, 0.25) is 5.89 Å². The van der Waals surface area contributed by atoms with E-state index >= 15 is 0 Å². The first-order valence-corrected chi connectivity index (χ1v) is 8.56. The largest absolute Gasteiger partial charge is 0.459 e. The number of nitrogens with zero attached hydrogens (tertiary/aromatic N) is 2. The summed E-state index contributed by atoms with van der Waals surface area (Å²) in [4.78, 5) is 1.12. The molecular weight excluding hydrogens is 341 g/mol. The lowest BCUT2D eigenvalue weighted by atomic mass is 10.1. The third kappa shape index (κ3) is 3.52. The SMILES string of the molecule is Fc1ccc(C(NCc2nnc(-c3ccco3)o2)c2cccs2)cc1. The zero-order valence-electron chi connectivity index (χ0n) is 13.1. The van der Waals surface area contributed by atoms with Crippen molar-refractivity contribution in [1.29, 1.82) is 0 Å². The molecule has 0 radical (unpaired) electrons. The maximum absolute atomic E-state index is 13.2. The van der Waals surface area contributed by atoms with Crippen molar-refractivity contribution in [1.82, 2.24) is 15.5 Å². The Labute approximate surface area is 147 Å². The topological polar surface area (TPSA) is 64.1 Å². The van der Waals surface area contributed by atoms with Crippen LogP contribution >= 0.6 is 11.3 Å². The van der Waals surface area contributed by atoms with E-state index in [0.717, 1.165) is 10.4 Å². The molecule has 4 aromatic rings. The van der Waals surface area contributed by atoms with Gasteiger partial charge in [-0.05, 0) is 41.3 Å². The maximum Gasteiger partial charge on any atom is 0.283 e. The van der Waals surface area contributed by atoms with Crippen molar-refractivity contribution in [3.8, 4) is 11.7 Å². The third-order valence-electron chi connectivity index (χ3n) is 3.69. The molecule has 1 aromatic carbocycles. The minimum absolute atomic E-state index is 0.0837. The smallest absolute Gasteiger partial charge is 0.283 e. The molecule has 7 heteroatoms. The highest BCUT2D eigenvalue weighted by atomic mass is 32.1. The standard InChI is InChI=1S/C18H14FN3O2S/c19-13-7-5-12(6-8-13)17(15-4-2-10-25-15)20-11-16-21-22-18(24-16)14-3-1-9-23-14/h1-10,17,20H,11H2. The highest BCUT2D eigenvalue weighted by Gasteiger charge is 2.17. The van der Waals surface area contributed by atoms with Crippen molar-refractivity contribution >= 4 is 11.3 Å². The Hall–Kier alpha value is -2.77. The van der Waals surface area contributed by atoms with Gasteiger partial charge >= 0.3 is 0 Å². The number of hydrogen-bond donors (Lipinski definition) is 1. The van der Waals surface area contributed by atoms with Gasteiger partial charge in [0.1, 0.15) is 5.82 Å². The maximum atomic E-state index is 13.2. The van der Waals surface area contributed by atoms with Crippen molar-refractivity contribution in [2.24, 2.45) is 0 Å². The van der Waals surface area contributed by atoms with Crippen molar-refractivity contribution < 1.29 is 13.2 Å². The van der Waals surface area contributed by atoms with Crippen LogP contribution in [0.25, 0.3) is 11.7 Å². The van der Waals surface area contributed by atoms with E-state index in [1.165, 1.54) is 12.1 Å². The van der Waals surface area contributed by atoms with Gasteiger partial charge in [-0.25, -0.2) is 4.39 Å². The fourth-order valence-electron chi connectivity index (χ4n) is 2.51. The van der Waals surface area contributed by atoms with Crippen LogP contribution in [0.2, 0.25) is 0 Å². The van der Waals surface area contributed by atoms with Crippen LogP contribution in [0.15, 0.2) is 69.0 Å². The number of benzene rings is 1. The summed E-state index contributed by atoms with van der Waals surface area (Å²) in [6.45, 7) is 0.383. The quantitative estimate of drug-likeness (QED) is 0.555. The van der Waals surface area contributed by atoms with Crippen LogP contribution in [0.4, 0.5) is 4.39 Å². The van der Waals surface area contributed by atoms with Gasteiger partial charge in [-0.2, -0.15) is 0 Å². The normalized spacial score (nSPS) is 12.4. The van der Waals surface area contributed by atoms with Gasteiger partial charge in [-0.3, -0.25) is 5.32 Å². The summed E-state index contributed by atoms with van der Waals surface area (Å²) in [6.07, 6.45) is 1.55. The van der Waals surface area contributed by atoms with Crippen molar-refractivity contribution in [3.05, 3.63) is 82.3 Å². The molecule has 25 heavy (non-hydrogen) atoms. The van der Waals surface area contributed by atoms with Gasteiger partial charge in [0.25, 0.3) is 5.89 Å². The lowest BCUT2D eigenvalue weighted by Crippen LogP contribution is -2.21. The molecule has 0 amide bonds. The molecule has 0 saturated carbocycles. The van der Waals surface area contributed by atoms with Gasteiger partial charge in [0.15, 0.2) is 5.76 Å². The van der Waals surface area contributed by atoms with Gasteiger partial charge in [0, 0.05) is 4.88 Å². The van der Waals surface area contributed by atoms with E-state index in [0.29, 0.717) is 24.1 Å². The Morgan fingerprint density at radius 3 is 2.68 bits per heavy atom. The fraction of sp³-hybridized carbons (Fsp3) is 0.111. The molecule has 4 rings (SSSR count). The van der Waals surface area contributed by atoms with Crippen LogP contribution in [0, 0.1) is 5.82 Å². The van der Waals surface area contributed by atoms with E-state index in [1.54, 1.807) is 41.9 Å². The summed E-state index contributed by atoms with van der Waals surface area (Å²) in [5.74, 6) is 1.08. The average Bonchev–Trinajstić information content (AvgIpc) is 3.39. The van der Waals surface area contributed by atoms with Crippen LogP contribution in [0.3, 0.4) is 0 Å². The zero-order chi connectivity index (χ0) is 17.1. The van der Waals surface area contributed by atoms with Crippen LogP contribution in [0.5, 0.6) is 0 Å². The lowest BCUT2D eigenvalue weighted by molar-refractivity contribution is 0.450. The van der Waals surface area contributed by atoms with Crippen molar-refractivity contribution in [2.75, 3.05) is 0 Å². The number of hydrogen-bond acceptors (Lipinski definition) is 6. The van der Waals surface area contributed by atoms with Crippen LogP contribution in [-0.4, -0.2) is 10.2 Å². The molecule has 5 nitrogen and oxygen atoms in total. The molecule has 0 bridgehead atoms. The predicted molar refractivity (Wildman–Crippen MR) is 91.4 cm³/mol. The molecule has 0 saturated heterocycles. The Kier molecular flexibility index (Phi) is 4.41. The Morgan fingerprint density at radius 1 is 1.08 bits per heavy atom. The number of aromatic nitrogens is 2. The summed E-state index contributed by atoms with van der Waals surface area (Å²) in [6, 6.07) is 13.9. The fourth-order valence-corrected chi connectivity index (χ4v) is 3.33. The lowest BCUT2D eigenvalue weighted by Gasteiger charge is -2.17. The van der Waals surface area contributed by atoms with Crippen LogP contribution < -0.4 is 5.32 Å². The van der Waals surface area contributed by atoms with Crippen LogP contribution in [0.1, 0.15) is 22.4 Å². The van der Waals surface area contributed by atoms with E-state index in [2.05, 4.69) is 15.5 Å².